The summed E-state index contributed by atoms with van der Waals surface area (Å²) in [5.74, 6) is -0.255. The Bertz CT molecular complexity index is 821. The van der Waals surface area contributed by atoms with Crippen molar-refractivity contribution in [2.45, 2.75) is 31.8 Å². The van der Waals surface area contributed by atoms with Gasteiger partial charge in [-0.15, -0.1) is 0 Å². The first-order valence-electron chi connectivity index (χ1n) is 9.10. The highest BCUT2D eigenvalue weighted by molar-refractivity contribution is 6.22. The molecule has 6 rings (SSSR count). The number of rotatable bonds is 1. The fraction of sp³-hybridized carbons (Fsp3) is 0.550. The number of hydrogen-bond acceptors (Lipinski definition) is 5. The zero-order chi connectivity index (χ0) is 17.4. The Morgan fingerprint density at radius 1 is 1.40 bits per heavy atom. The van der Waals surface area contributed by atoms with E-state index in [9.17, 15) is 9.59 Å². The Morgan fingerprint density at radius 3 is 3.00 bits per heavy atom. The summed E-state index contributed by atoms with van der Waals surface area (Å²) in [6.07, 6.45) is 10.1. The summed E-state index contributed by atoms with van der Waals surface area (Å²) < 4.78 is 5.28. The highest BCUT2D eigenvalue weighted by atomic mass is 16.5. The first kappa shape index (κ1) is 15.3. The molecule has 3 saturated heterocycles. The third kappa shape index (κ3) is 1.56. The molecule has 5 atom stereocenters. The first-order valence-corrected chi connectivity index (χ1v) is 9.10. The molecule has 0 amide bonds. The van der Waals surface area contributed by atoms with Crippen LogP contribution in [0.4, 0.5) is 0 Å². The molecule has 0 aromatic rings. The van der Waals surface area contributed by atoms with Crippen LogP contribution in [0.15, 0.2) is 40.4 Å². The van der Waals surface area contributed by atoms with Crippen molar-refractivity contribution >= 4 is 17.5 Å². The van der Waals surface area contributed by atoms with Gasteiger partial charge in [-0.3, -0.25) is 19.5 Å². The van der Waals surface area contributed by atoms with E-state index in [1.807, 2.05) is 6.08 Å². The van der Waals surface area contributed by atoms with Gasteiger partial charge in [0.2, 0.25) is 0 Å². The number of carbonyl (C=O) groups excluding carboxylic acids is 2. The minimum absolute atomic E-state index is 0.00572. The summed E-state index contributed by atoms with van der Waals surface area (Å²) in [5.41, 5.74) is 2.35. The van der Waals surface area contributed by atoms with Crippen LogP contribution in [0.3, 0.4) is 0 Å². The number of carbonyl (C=O) groups is 2. The van der Waals surface area contributed by atoms with Crippen molar-refractivity contribution in [1.29, 1.82) is 0 Å². The number of aliphatic imine (C=N–C) groups is 1. The van der Waals surface area contributed by atoms with Crippen molar-refractivity contribution in [2.75, 3.05) is 20.2 Å². The molecule has 1 unspecified atom stereocenters. The molecule has 4 aliphatic heterocycles. The molecule has 1 saturated carbocycles. The summed E-state index contributed by atoms with van der Waals surface area (Å²) >= 11 is 0. The normalized spacial score (nSPS) is 45.0. The monoisotopic (exact) mass is 338 g/mol. The second kappa shape index (κ2) is 4.79. The summed E-state index contributed by atoms with van der Waals surface area (Å²) in [6.45, 7) is 3.82. The molecule has 0 aromatic carbocycles. The minimum atomic E-state index is -0.427. The Morgan fingerprint density at radius 2 is 2.24 bits per heavy atom. The fourth-order valence-corrected chi connectivity index (χ4v) is 6.29. The molecular formula is C20H22N2O3. The third-order valence-electron chi connectivity index (χ3n) is 7.18. The van der Waals surface area contributed by atoms with Gasteiger partial charge in [0.15, 0.2) is 5.78 Å². The zero-order valence-corrected chi connectivity index (χ0v) is 14.6. The molecule has 1 spiro atoms. The van der Waals surface area contributed by atoms with Gasteiger partial charge < -0.3 is 4.74 Å². The van der Waals surface area contributed by atoms with Crippen molar-refractivity contribution in [2.24, 2.45) is 22.2 Å². The Balaban J connectivity index is 1.82. The summed E-state index contributed by atoms with van der Waals surface area (Å²) in [4.78, 5) is 32.8. The predicted octanol–water partition coefficient (Wildman–Crippen LogP) is 2.05. The topological polar surface area (TPSA) is 59.0 Å². The number of methoxy groups -OCH3 is 1. The van der Waals surface area contributed by atoms with Crippen LogP contribution in [-0.2, 0) is 14.3 Å². The van der Waals surface area contributed by atoms with Crippen LogP contribution in [0.25, 0.3) is 0 Å². The molecule has 25 heavy (non-hydrogen) atoms. The number of hydrogen-bond donors (Lipinski definition) is 0. The Labute approximate surface area is 147 Å². The molecule has 4 heterocycles. The molecule has 0 radical (unpaired) electrons. The predicted molar refractivity (Wildman–Crippen MR) is 93.0 cm³/mol. The minimum Gasteiger partial charge on any atom is -0.469 e. The van der Waals surface area contributed by atoms with Gasteiger partial charge in [0.25, 0.3) is 0 Å². The van der Waals surface area contributed by atoms with E-state index in [0.29, 0.717) is 0 Å². The van der Waals surface area contributed by atoms with Gasteiger partial charge in [-0.05, 0) is 55.9 Å². The fourth-order valence-electron chi connectivity index (χ4n) is 6.29. The van der Waals surface area contributed by atoms with Crippen LogP contribution >= 0.6 is 0 Å². The maximum absolute atomic E-state index is 13.0. The number of ketones is 1. The molecule has 0 N–H and O–H groups in total. The molecule has 6 aliphatic rings. The smallest absolute Gasteiger partial charge is 0.310 e. The second-order valence-electron chi connectivity index (χ2n) is 7.76. The van der Waals surface area contributed by atoms with Crippen LogP contribution in [0.2, 0.25) is 0 Å². The summed E-state index contributed by atoms with van der Waals surface area (Å²) in [7, 11) is 1.48. The van der Waals surface area contributed by atoms with E-state index < -0.39 is 11.1 Å². The number of esters is 1. The Kier molecular flexibility index (Phi) is 2.92. The van der Waals surface area contributed by atoms with E-state index >= 15 is 0 Å². The van der Waals surface area contributed by atoms with Crippen LogP contribution in [0.1, 0.15) is 26.2 Å². The molecule has 5 nitrogen and oxygen atoms in total. The van der Waals surface area contributed by atoms with E-state index in [1.165, 1.54) is 12.7 Å². The average molecular weight is 338 g/mol. The average Bonchev–Trinajstić information content (AvgIpc) is 2.99. The number of nitrogens with zero attached hydrogens (tertiary/aromatic N) is 2. The van der Waals surface area contributed by atoms with Gasteiger partial charge >= 0.3 is 5.97 Å². The van der Waals surface area contributed by atoms with Gasteiger partial charge in [-0.1, -0.05) is 11.6 Å². The lowest BCUT2D eigenvalue weighted by atomic mass is 9.53. The van der Waals surface area contributed by atoms with Crippen molar-refractivity contribution in [3.63, 3.8) is 0 Å². The van der Waals surface area contributed by atoms with E-state index in [-0.39, 0.29) is 23.6 Å². The highest BCUT2D eigenvalue weighted by Crippen LogP contribution is 2.69. The molecule has 2 aliphatic carbocycles. The molecule has 0 aromatic heterocycles. The van der Waals surface area contributed by atoms with Crippen molar-refractivity contribution < 1.29 is 14.3 Å². The quantitative estimate of drug-likeness (QED) is 0.417. The Hall–Kier alpha value is -2.01. The van der Waals surface area contributed by atoms with Crippen LogP contribution in [0, 0.1) is 17.3 Å². The maximum atomic E-state index is 13.0. The molecular weight excluding hydrogens is 316 g/mol. The van der Waals surface area contributed by atoms with Gasteiger partial charge in [0.1, 0.15) is 5.66 Å². The van der Waals surface area contributed by atoms with Crippen LogP contribution < -0.4 is 0 Å². The molecule has 130 valence electrons. The van der Waals surface area contributed by atoms with Crippen molar-refractivity contribution in [1.82, 2.24) is 4.90 Å². The van der Waals surface area contributed by atoms with Crippen LogP contribution in [0.5, 0.6) is 0 Å². The van der Waals surface area contributed by atoms with E-state index in [4.69, 9.17) is 9.73 Å². The second-order valence-corrected chi connectivity index (χ2v) is 7.76. The molecule has 5 heteroatoms. The van der Waals surface area contributed by atoms with Crippen molar-refractivity contribution in [3.05, 3.63) is 35.5 Å². The van der Waals surface area contributed by atoms with Gasteiger partial charge in [-0.25, -0.2) is 0 Å². The van der Waals surface area contributed by atoms with E-state index in [2.05, 4.69) is 17.9 Å². The lowest BCUT2D eigenvalue weighted by Crippen LogP contribution is -2.57. The van der Waals surface area contributed by atoms with Gasteiger partial charge in [0.05, 0.1) is 24.2 Å². The lowest BCUT2D eigenvalue weighted by Gasteiger charge is -2.50. The zero-order valence-electron chi connectivity index (χ0n) is 14.6. The highest BCUT2D eigenvalue weighted by Gasteiger charge is 2.74. The van der Waals surface area contributed by atoms with Crippen LogP contribution in [-0.4, -0.2) is 48.2 Å². The number of fused-ring (bicyclic) bond motifs is 3. The largest absolute Gasteiger partial charge is 0.469 e. The SMILES string of the molecule is C/C=C1/CN2CC[C@@]34C5=CC(=O)C=CC5=N[C@@]23CC[C@@H]1[C@H]4C(=O)OC. The standard InChI is InChI=1S/C20H22N2O3/c1-3-12-11-22-9-8-19-15-10-13(23)4-5-16(15)21-20(19,22)7-6-14(12)17(19)18(24)25-2/h3-5,10,14,17H,6-9,11H2,1-2H3/b12-3-/t14-,17-,19-,20-/m0/s1. The number of allylic oxidation sites excluding steroid dienone is 4. The van der Waals surface area contributed by atoms with Gasteiger partial charge in [0, 0.05) is 13.1 Å². The lowest BCUT2D eigenvalue weighted by molar-refractivity contribution is -0.156. The van der Waals surface area contributed by atoms with Crippen molar-refractivity contribution in [3.8, 4) is 0 Å². The first-order chi connectivity index (χ1) is 12.1. The van der Waals surface area contributed by atoms with E-state index in [0.717, 1.165) is 43.6 Å². The van der Waals surface area contributed by atoms with Gasteiger partial charge in [-0.2, -0.15) is 0 Å². The number of ether oxygens (including phenoxy) is 1. The van der Waals surface area contributed by atoms with E-state index in [1.54, 1.807) is 12.2 Å². The summed E-state index contributed by atoms with van der Waals surface area (Å²) in [6, 6.07) is 0. The third-order valence-corrected chi connectivity index (χ3v) is 7.18. The summed E-state index contributed by atoms with van der Waals surface area (Å²) in [5, 5.41) is 0. The molecule has 4 bridgehead atoms. The molecule has 4 fully saturated rings. The maximum Gasteiger partial charge on any atom is 0.310 e.